The number of nitrogens with zero attached hydrogens (tertiary/aromatic N) is 3. The first-order valence-corrected chi connectivity index (χ1v) is 10.9. The maximum absolute atomic E-state index is 14.3. The fraction of sp³-hybridized carbons (Fsp3) is 0.565. The average Bonchev–Trinajstić information content (AvgIpc) is 2.74. The van der Waals surface area contributed by atoms with Crippen LogP contribution in [0.1, 0.15) is 41.0 Å². The molecule has 0 amide bonds. The molecule has 0 fully saturated rings. The topological polar surface area (TPSA) is 52.0 Å². The summed E-state index contributed by atoms with van der Waals surface area (Å²) >= 11 is 5.91. The van der Waals surface area contributed by atoms with Crippen LogP contribution in [0, 0.1) is 11.7 Å². The van der Waals surface area contributed by atoms with Crippen LogP contribution in [0.4, 0.5) is 10.1 Å². The minimum atomic E-state index is -0.428. The average molecular weight is 438 g/mol. The third kappa shape index (κ3) is 8.44. The van der Waals surface area contributed by atoms with Crippen molar-refractivity contribution in [1.29, 1.82) is 0 Å². The Morgan fingerprint density at radius 2 is 2.03 bits per heavy atom. The maximum Gasteiger partial charge on any atom is 0.164 e. The van der Waals surface area contributed by atoms with Crippen molar-refractivity contribution in [1.82, 2.24) is 10.3 Å². The quantitative estimate of drug-likeness (QED) is 0.222. The van der Waals surface area contributed by atoms with Gasteiger partial charge < -0.3 is 10.6 Å². The summed E-state index contributed by atoms with van der Waals surface area (Å²) in [6, 6.07) is 5.37. The SMILES string of the molecule is C=CCNC(C)[C@H](C)[C@H](C)N=NN(C)CCC(Nc1cccc(Cl)c1F)/C(C)=C/C. The second kappa shape index (κ2) is 13.4. The summed E-state index contributed by atoms with van der Waals surface area (Å²) in [5, 5.41) is 17.5. The zero-order valence-electron chi connectivity index (χ0n) is 19.1. The second-order valence-corrected chi connectivity index (χ2v) is 8.20. The molecule has 4 atom stereocenters. The number of rotatable bonds is 13. The molecular formula is C23H37ClFN5. The summed E-state index contributed by atoms with van der Waals surface area (Å²) in [6.07, 6.45) is 4.64. The van der Waals surface area contributed by atoms with E-state index in [1.807, 2.05) is 38.1 Å². The summed E-state index contributed by atoms with van der Waals surface area (Å²) in [7, 11) is 1.91. The van der Waals surface area contributed by atoms with Crippen LogP contribution in [0.2, 0.25) is 5.02 Å². The zero-order chi connectivity index (χ0) is 22.7. The van der Waals surface area contributed by atoms with Crippen LogP contribution in [0.5, 0.6) is 0 Å². The van der Waals surface area contributed by atoms with Gasteiger partial charge in [0.1, 0.15) is 0 Å². The van der Waals surface area contributed by atoms with Crippen molar-refractivity contribution >= 4 is 17.3 Å². The van der Waals surface area contributed by atoms with Gasteiger partial charge in [-0.25, -0.2) is 4.39 Å². The summed E-state index contributed by atoms with van der Waals surface area (Å²) in [4.78, 5) is 0. The van der Waals surface area contributed by atoms with Gasteiger partial charge in [0.05, 0.1) is 16.8 Å². The van der Waals surface area contributed by atoms with E-state index in [0.29, 0.717) is 24.2 Å². The van der Waals surface area contributed by atoms with Crippen LogP contribution in [0.3, 0.4) is 0 Å². The highest BCUT2D eigenvalue weighted by molar-refractivity contribution is 6.31. The second-order valence-electron chi connectivity index (χ2n) is 7.79. The van der Waals surface area contributed by atoms with E-state index in [9.17, 15) is 4.39 Å². The third-order valence-corrected chi connectivity index (χ3v) is 5.84. The minimum absolute atomic E-state index is 0.0277. The normalized spacial score (nSPS) is 16.2. The smallest absolute Gasteiger partial charge is 0.164 e. The Kier molecular flexibility index (Phi) is 11.7. The van der Waals surface area contributed by atoms with Crippen LogP contribution in [0.25, 0.3) is 0 Å². The summed E-state index contributed by atoms with van der Waals surface area (Å²) in [5.74, 6) is -0.0873. The first-order chi connectivity index (χ1) is 14.2. The Morgan fingerprint density at radius 1 is 1.33 bits per heavy atom. The molecule has 30 heavy (non-hydrogen) atoms. The van der Waals surface area contributed by atoms with Gasteiger partial charge in [-0.05, 0) is 52.2 Å². The van der Waals surface area contributed by atoms with Crippen molar-refractivity contribution in [3.05, 3.63) is 53.3 Å². The molecule has 0 radical (unpaired) electrons. The molecule has 0 aliphatic rings. The largest absolute Gasteiger partial charge is 0.376 e. The molecule has 1 aromatic rings. The van der Waals surface area contributed by atoms with Crippen molar-refractivity contribution in [3.63, 3.8) is 0 Å². The molecule has 0 saturated heterocycles. The molecule has 1 rings (SSSR count). The Labute approximate surface area is 186 Å². The number of halogens is 2. The Balaban J connectivity index is 2.67. The molecule has 0 aromatic heterocycles. The van der Waals surface area contributed by atoms with Gasteiger partial charge in [0.2, 0.25) is 0 Å². The van der Waals surface area contributed by atoms with Gasteiger partial charge in [-0.3, -0.25) is 5.01 Å². The van der Waals surface area contributed by atoms with Crippen LogP contribution >= 0.6 is 11.6 Å². The fourth-order valence-electron chi connectivity index (χ4n) is 2.93. The Morgan fingerprint density at radius 3 is 2.67 bits per heavy atom. The van der Waals surface area contributed by atoms with Crippen molar-refractivity contribution < 1.29 is 4.39 Å². The van der Waals surface area contributed by atoms with E-state index in [-0.39, 0.29) is 17.1 Å². The van der Waals surface area contributed by atoms with Crippen LogP contribution in [0.15, 0.2) is 52.8 Å². The van der Waals surface area contributed by atoms with Crippen molar-refractivity contribution in [2.75, 3.05) is 25.5 Å². The molecule has 1 aromatic carbocycles. The minimum Gasteiger partial charge on any atom is -0.376 e. The highest BCUT2D eigenvalue weighted by Crippen LogP contribution is 2.24. The summed E-state index contributed by atoms with van der Waals surface area (Å²) in [6.45, 7) is 15.6. The monoisotopic (exact) mass is 437 g/mol. The van der Waals surface area contributed by atoms with E-state index < -0.39 is 5.82 Å². The number of allylic oxidation sites excluding steroid dienone is 1. The number of hydrogen-bond acceptors (Lipinski definition) is 4. The molecular weight excluding hydrogens is 401 g/mol. The van der Waals surface area contributed by atoms with E-state index in [2.05, 4.69) is 48.3 Å². The van der Waals surface area contributed by atoms with E-state index in [4.69, 9.17) is 11.6 Å². The highest BCUT2D eigenvalue weighted by atomic mass is 35.5. The lowest BCUT2D eigenvalue weighted by molar-refractivity contribution is 0.288. The molecule has 168 valence electrons. The van der Waals surface area contributed by atoms with E-state index in [0.717, 1.165) is 18.5 Å². The molecule has 0 spiro atoms. The van der Waals surface area contributed by atoms with Crippen molar-refractivity contribution in [2.45, 2.75) is 59.2 Å². The zero-order valence-corrected chi connectivity index (χ0v) is 19.9. The predicted molar refractivity (Wildman–Crippen MR) is 127 cm³/mol. The van der Waals surface area contributed by atoms with Crippen molar-refractivity contribution in [2.24, 2.45) is 16.3 Å². The van der Waals surface area contributed by atoms with Gasteiger partial charge in [-0.2, -0.15) is 5.11 Å². The molecule has 5 nitrogen and oxygen atoms in total. The highest BCUT2D eigenvalue weighted by Gasteiger charge is 2.19. The van der Waals surface area contributed by atoms with Gasteiger partial charge in [-0.15, -0.1) is 6.58 Å². The molecule has 0 aliphatic carbocycles. The summed E-state index contributed by atoms with van der Waals surface area (Å²) < 4.78 is 14.3. The van der Waals surface area contributed by atoms with Gasteiger partial charge in [0.15, 0.2) is 5.82 Å². The first-order valence-electron chi connectivity index (χ1n) is 10.5. The first kappa shape index (κ1) is 26.1. The number of nitrogens with one attached hydrogen (secondary N) is 2. The maximum atomic E-state index is 14.3. The van der Waals surface area contributed by atoms with E-state index >= 15 is 0 Å². The molecule has 0 aliphatic heterocycles. The van der Waals surface area contributed by atoms with Crippen LogP contribution in [-0.2, 0) is 0 Å². The molecule has 7 heteroatoms. The Hall–Kier alpha value is -1.92. The van der Waals surface area contributed by atoms with Crippen molar-refractivity contribution in [3.8, 4) is 0 Å². The van der Waals surface area contributed by atoms with Gasteiger partial charge in [0.25, 0.3) is 0 Å². The van der Waals surface area contributed by atoms with Gasteiger partial charge in [0, 0.05) is 32.2 Å². The number of hydrogen-bond donors (Lipinski definition) is 2. The predicted octanol–water partition coefficient (Wildman–Crippen LogP) is 6.10. The van der Waals surface area contributed by atoms with Gasteiger partial charge >= 0.3 is 0 Å². The van der Waals surface area contributed by atoms with E-state index in [1.165, 1.54) is 0 Å². The van der Waals surface area contributed by atoms with Crippen LogP contribution < -0.4 is 10.6 Å². The lowest BCUT2D eigenvalue weighted by Crippen LogP contribution is -2.36. The standard InChI is InChI=1S/C23H37ClFN5/c1-8-14-26-18(5)17(4)19(6)28-29-30(7)15-13-21(16(3)9-2)27-22-12-10-11-20(24)23(22)25/h8-12,17-19,21,26-27H,1,13-15H2,2-7H3/b16-9+,29-28?/t17-,18?,19-,21?/m0/s1. The number of anilines is 1. The Bertz CT molecular complexity index is 722. The van der Waals surface area contributed by atoms with Gasteiger partial charge in [-0.1, -0.05) is 47.5 Å². The van der Waals surface area contributed by atoms with E-state index in [1.54, 1.807) is 18.2 Å². The summed E-state index contributed by atoms with van der Waals surface area (Å²) in [5.41, 5.74) is 1.53. The molecule has 0 saturated carbocycles. The molecule has 2 N–H and O–H groups in total. The third-order valence-electron chi connectivity index (χ3n) is 5.55. The molecule has 2 unspecified atom stereocenters. The van der Waals surface area contributed by atoms with Crippen LogP contribution in [-0.4, -0.2) is 43.3 Å². The molecule has 0 heterocycles. The fourth-order valence-corrected chi connectivity index (χ4v) is 3.10. The number of benzene rings is 1. The lowest BCUT2D eigenvalue weighted by atomic mass is 9.96. The lowest BCUT2D eigenvalue weighted by Gasteiger charge is -2.25. The molecule has 0 bridgehead atoms.